The molecule has 2 aromatic carbocycles. The Bertz CT molecular complexity index is 1150. The molecule has 1 amide bonds. The van der Waals surface area contributed by atoms with Crippen LogP contribution >= 0.6 is 23.1 Å². The van der Waals surface area contributed by atoms with Gasteiger partial charge < -0.3 is 9.73 Å². The third kappa shape index (κ3) is 4.39. The van der Waals surface area contributed by atoms with Crippen LogP contribution in [0.4, 0.5) is 5.69 Å². The molecule has 1 aliphatic carbocycles. The summed E-state index contributed by atoms with van der Waals surface area (Å²) in [5.74, 6) is 1.01. The molecule has 0 unspecified atom stereocenters. The second kappa shape index (κ2) is 8.20. The number of amides is 1. The Morgan fingerprint density at radius 1 is 1.20 bits per heavy atom. The summed E-state index contributed by atoms with van der Waals surface area (Å²) < 4.78 is 6.83. The first kappa shape index (κ1) is 19.3. The van der Waals surface area contributed by atoms with E-state index in [2.05, 4.69) is 26.6 Å². The molecule has 1 saturated carbocycles. The van der Waals surface area contributed by atoms with E-state index in [1.807, 2.05) is 49.4 Å². The van der Waals surface area contributed by atoms with Gasteiger partial charge in [-0.2, -0.15) is 0 Å². The Kier molecular flexibility index (Phi) is 5.26. The zero-order valence-electron chi connectivity index (χ0n) is 16.4. The van der Waals surface area contributed by atoms with Crippen molar-refractivity contribution in [1.29, 1.82) is 0 Å². The van der Waals surface area contributed by atoms with Crippen molar-refractivity contribution in [1.82, 2.24) is 15.2 Å². The number of carbonyl (C=O) groups excluding carboxylic acids is 1. The van der Waals surface area contributed by atoms with Gasteiger partial charge in [0.05, 0.1) is 20.5 Å². The maximum absolute atomic E-state index is 12.5. The van der Waals surface area contributed by atoms with E-state index in [4.69, 9.17) is 4.42 Å². The van der Waals surface area contributed by atoms with Crippen molar-refractivity contribution in [2.24, 2.45) is 0 Å². The van der Waals surface area contributed by atoms with Gasteiger partial charge in [-0.25, -0.2) is 4.98 Å². The SMILES string of the molecule is C[C@H](Sc1nnc(C2CC2)o1)C(=O)Nc1ccc(Cc2nc3ccccc3s2)cc1. The van der Waals surface area contributed by atoms with Gasteiger partial charge in [0.25, 0.3) is 5.22 Å². The molecule has 2 heterocycles. The smallest absolute Gasteiger partial charge is 0.277 e. The quantitative estimate of drug-likeness (QED) is 0.398. The summed E-state index contributed by atoms with van der Waals surface area (Å²) in [5.41, 5.74) is 2.97. The summed E-state index contributed by atoms with van der Waals surface area (Å²) in [6.07, 6.45) is 2.99. The highest BCUT2D eigenvalue weighted by atomic mass is 32.2. The molecule has 152 valence electrons. The summed E-state index contributed by atoms with van der Waals surface area (Å²) in [4.78, 5) is 17.2. The molecule has 30 heavy (non-hydrogen) atoms. The van der Waals surface area contributed by atoms with Crippen LogP contribution in [0.2, 0.25) is 0 Å². The summed E-state index contributed by atoms with van der Waals surface area (Å²) in [6, 6.07) is 16.1. The van der Waals surface area contributed by atoms with E-state index in [-0.39, 0.29) is 11.2 Å². The largest absolute Gasteiger partial charge is 0.416 e. The van der Waals surface area contributed by atoms with E-state index in [0.717, 1.165) is 41.0 Å². The van der Waals surface area contributed by atoms with E-state index in [9.17, 15) is 4.79 Å². The minimum absolute atomic E-state index is 0.0925. The highest BCUT2D eigenvalue weighted by Gasteiger charge is 2.30. The number of anilines is 1. The van der Waals surface area contributed by atoms with Crippen LogP contribution in [0.3, 0.4) is 0 Å². The Balaban J connectivity index is 1.17. The van der Waals surface area contributed by atoms with Crippen molar-refractivity contribution in [2.75, 3.05) is 5.32 Å². The van der Waals surface area contributed by atoms with Gasteiger partial charge in [0.15, 0.2) is 0 Å². The summed E-state index contributed by atoms with van der Waals surface area (Å²) in [6.45, 7) is 1.84. The van der Waals surface area contributed by atoms with Gasteiger partial charge in [0.1, 0.15) is 0 Å². The first-order valence-electron chi connectivity index (χ1n) is 9.88. The third-order valence-electron chi connectivity index (χ3n) is 4.91. The van der Waals surface area contributed by atoms with Crippen molar-refractivity contribution in [2.45, 2.75) is 42.6 Å². The van der Waals surface area contributed by atoms with Crippen LogP contribution < -0.4 is 5.32 Å². The molecule has 1 atom stereocenters. The van der Waals surface area contributed by atoms with Crippen LogP contribution in [0, 0.1) is 0 Å². The number of nitrogens with zero attached hydrogens (tertiary/aromatic N) is 3. The van der Waals surface area contributed by atoms with E-state index in [0.29, 0.717) is 17.0 Å². The standard InChI is InChI=1S/C22H20N4O2S2/c1-13(29-22-26-25-21(28-22)15-8-9-15)20(27)23-16-10-6-14(7-11-16)12-19-24-17-4-2-3-5-18(17)30-19/h2-7,10-11,13,15H,8-9,12H2,1H3,(H,23,27)/t13-/m0/s1. The molecule has 5 rings (SSSR count). The van der Waals surface area contributed by atoms with Crippen molar-refractivity contribution in [3.05, 3.63) is 65.0 Å². The number of thiazole rings is 1. The van der Waals surface area contributed by atoms with Crippen LogP contribution in [0.1, 0.15) is 42.1 Å². The molecule has 4 aromatic rings. The lowest BCUT2D eigenvalue weighted by Gasteiger charge is -2.10. The molecule has 1 aliphatic rings. The predicted molar refractivity (Wildman–Crippen MR) is 119 cm³/mol. The number of carbonyl (C=O) groups is 1. The molecule has 8 heteroatoms. The summed E-state index contributed by atoms with van der Waals surface area (Å²) in [7, 11) is 0. The Morgan fingerprint density at radius 3 is 2.77 bits per heavy atom. The molecular formula is C22H20N4O2S2. The van der Waals surface area contributed by atoms with Gasteiger partial charge in [-0.05, 0) is 49.6 Å². The second-order valence-corrected chi connectivity index (χ2v) is 9.79. The minimum Gasteiger partial charge on any atom is -0.416 e. The normalized spacial score (nSPS) is 14.7. The van der Waals surface area contributed by atoms with Crippen molar-refractivity contribution in [3.8, 4) is 0 Å². The number of thioether (sulfide) groups is 1. The minimum atomic E-state index is -0.333. The van der Waals surface area contributed by atoms with Crippen molar-refractivity contribution < 1.29 is 9.21 Å². The zero-order valence-corrected chi connectivity index (χ0v) is 18.0. The topological polar surface area (TPSA) is 80.9 Å². The van der Waals surface area contributed by atoms with Gasteiger partial charge in [0.2, 0.25) is 11.8 Å². The Labute approximate surface area is 182 Å². The molecule has 0 saturated heterocycles. The number of rotatable bonds is 7. The van der Waals surface area contributed by atoms with Crippen molar-refractivity contribution >= 4 is 44.9 Å². The van der Waals surface area contributed by atoms with Gasteiger partial charge in [0, 0.05) is 18.0 Å². The average molecular weight is 437 g/mol. The maximum atomic E-state index is 12.5. The Morgan fingerprint density at radius 2 is 2.00 bits per heavy atom. The number of nitrogens with one attached hydrogen (secondary N) is 1. The number of fused-ring (bicyclic) bond motifs is 1. The third-order valence-corrected chi connectivity index (χ3v) is 6.88. The highest BCUT2D eigenvalue weighted by molar-refractivity contribution is 8.00. The molecular weight excluding hydrogens is 416 g/mol. The number of aromatic nitrogens is 3. The van der Waals surface area contributed by atoms with E-state index >= 15 is 0 Å². The average Bonchev–Trinajstić information content (AvgIpc) is 3.35. The highest BCUT2D eigenvalue weighted by Crippen LogP contribution is 2.40. The Hall–Kier alpha value is -2.71. The van der Waals surface area contributed by atoms with Crippen LogP contribution in [0.5, 0.6) is 0 Å². The maximum Gasteiger partial charge on any atom is 0.277 e. The monoisotopic (exact) mass is 436 g/mol. The summed E-state index contributed by atoms with van der Waals surface area (Å²) in [5, 5.41) is 12.3. The van der Waals surface area contributed by atoms with Gasteiger partial charge in [-0.1, -0.05) is 36.0 Å². The number of hydrogen-bond acceptors (Lipinski definition) is 7. The second-order valence-electron chi connectivity index (χ2n) is 7.38. The molecule has 1 N–H and O–H groups in total. The molecule has 0 bridgehead atoms. The van der Waals surface area contributed by atoms with E-state index in [1.165, 1.54) is 16.5 Å². The van der Waals surface area contributed by atoms with Crippen LogP contribution in [0.15, 0.2) is 58.2 Å². The van der Waals surface area contributed by atoms with E-state index in [1.54, 1.807) is 11.3 Å². The molecule has 2 aromatic heterocycles. The fraction of sp³-hybridized carbons (Fsp3) is 0.273. The van der Waals surface area contributed by atoms with Crippen LogP contribution in [0.25, 0.3) is 10.2 Å². The lowest BCUT2D eigenvalue weighted by molar-refractivity contribution is -0.115. The molecule has 1 fully saturated rings. The molecule has 0 radical (unpaired) electrons. The first-order chi connectivity index (χ1) is 14.6. The zero-order chi connectivity index (χ0) is 20.5. The summed E-state index contributed by atoms with van der Waals surface area (Å²) >= 11 is 3.00. The van der Waals surface area contributed by atoms with Gasteiger partial charge in [-0.3, -0.25) is 4.79 Å². The van der Waals surface area contributed by atoms with Crippen LogP contribution in [-0.4, -0.2) is 26.3 Å². The van der Waals surface area contributed by atoms with Crippen LogP contribution in [-0.2, 0) is 11.2 Å². The van der Waals surface area contributed by atoms with Crippen molar-refractivity contribution in [3.63, 3.8) is 0 Å². The molecule has 0 spiro atoms. The van der Waals surface area contributed by atoms with Gasteiger partial charge in [-0.15, -0.1) is 21.5 Å². The first-order valence-corrected chi connectivity index (χ1v) is 11.6. The number of para-hydroxylation sites is 1. The molecule has 0 aliphatic heterocycles. The lowest BCUT2D eigenvalue weighted by atomic mass is 10.1. The fourth-order valence-electron chi connectivity index (χ4n) is 3.09. The fourth-order valence-corrected chi connectivity index (χ4v) is 4.78. The van der Waals surface area contributed by atoms with E-state index < -0.39 is 0 Å². The molecule has 6 nitrogen and oxygen atoms in total. The number of hydrogen-bond donors (Lipinski definition) is 1. The predicted octanol–water partition coefficient (Wildman–Crippen LogP) is 5.27. The van der Waals surface area contributed by atoms with Gasteiger partial charge >= 0.3 is 0 Å². The lowest BCUT2D eigenvalue weighted by Crippen LogP contribution is -2.22. The number of benzene rings is 2.